The van der Waals surface area contributed by atoms with Gasteiger partial charge in [-0.1, -0.05) is 343 Å². The van der Waals surface area contributed by atoms with Crippen LogP contribution >= 0.6 is 0 Å². The van der Waals surface area contributed by atoms with Gasteiger partial charge in [0, 0.05) is 43.9 Å². The van der Waals surface area contributed by atoms with Crippen molar-refractivity contribution < 1.29 is 0 Å². The van der Waals surface area contributed by atoms with Gasteiger partial charge in [0.05, 0.1) is 33.8 Å². The van der Waals surface area contributed by atoms with Crippen LogP contribution in [0, 0.1) is 0 Å². The molecule has 516 valence electrons. The van der Waals surface area contributed by atoms with Crippen LogP contribution in [0.15, 0.2) is 370 Å². The van der Waals surface area contributed by atoms with Crippen molar-refractivity contribution in [1.29, 1.82) is 0 Å². The number of benzene rings is 17. The summed E-state index contributed by atoms with van der Waals surface area (Å²) in [5.41, 5.74) is 30.7. The Morgan fingerprint density at radius 3 is 0.909 bits per heavy atom. The zero-order chi connectivity index (χ0) is 73.3. The summed E-state index contributed by atoms with van der Waals surface area (Å²) in [6.45, 7) is 9.38. The van der Waals surface area contributed by atoms with Crippen molar-refractivity contribution in [2.45, 2.75) is 38.5 Å². The molecule has 0 bridgehead atoms. The van der Waals surface area contributed by atoms with E-state index in [0.717, 1.165) is 44.9 Å². The highest BCUT2D eigenvalue weighted by atomic mass is 14.7. The third kappa shape index (κ3) is 10.4. The lowest BCUT2D eigenvalue weighted by Crippen LogP contribution is -2.16. The first-order chi connectivity index (χ1) is 54.1. The van der Waals surface area contributed by atoms with E-state index in [1.807, 2.05) is 6.07 Å². The smallest absolute Gasteiger partial charge is 0.0759 e. The SMILES string of the molecule is CC1(C)c2ccccc2-c2nc3ccccc3c(-c3ccc(-c4ccc5c6ccc(-c7cccc(-c8ccccc8)c7)cc6c6ccccc6c5c4)cc3)c21.CC1(C)c2ccccc2-c2nc3ccccc3c(-c3ccc(-c4ccc5c6ccc(-c7cccc(-c8ccccc8)n7)cc6c6ccccc6c5c4)cc3)c21. The van der Waals surface area contributed by atoms with Crippen LogP contribution in [0.1, 0.15) is 49.9 Å². The van der Waals surface area contributed by atoms with Crippen LogP contribution in [0.25, 0.3) is 198 Å². The molecule has 0 amide bonds. The van der Waals surface area contributed by atoms with Crippen molar-refractivity contribution in [3.8, 4) is 112 Å². The lowest BCUT2D eigenvalue weighted by atomic mass is 9.78. The Bertz CT molecular complexity index is 6700. The molecule has 0 saturated carbocycles. The Morgan fingerprint density at radius 1 is 0.182 bits per heavy atom. The van der Waals surface area contributed by atoms with Crippen LogP contribution in [0.3, 0.4) is 0 Å². The van der Waals surface area contributed by atoms with Crippen molar-refractivity contribution >= 4 is 86.4 Å². The van der Waals surface area contributed by atoms with Crippen LogP contribution in [0.4, 0.5) is 0 Å². The summed E-state index contributed by atoms with van der Waals surface area (Å²) in [6, 6.07) is 135. The lowest BCUT2D eigenvalue weighted by molar-refractivity contribution is 0.661. The van der Waals surface area contributed by atoms with E-state index in [1.54, 1.807) is 0 Å². The fourth-order valence-corrected chi connectivity index (χ4v) is 18.5. The van der Waals surface area contributed by atoms with Gasteiger partial charge in [-0.05, 0) is 208 Å². The first kappa shape index (κ1) is 64.6. The largest absolute Gasteiger partial charge is 0.248 e. The second-order valence-corrected chi connectivity index (χ2v) is 30.8. The molecule has 0 unspecified atom stereocenters. The van der Waals surface area contributed by atoms with Crippen molar-refractivity contribution in [3.05, 3.63) is 392 Å². The third-order valence-corrected chi connectivity index (χ3v) is 23.9. The summed E-state index contributed by atoms with van der Waals surface area (Å²) in [6.07, 6.45) is 0. The van der Waals surface area contributed by atoms with E-state index in [1.165, 1.54) is 176 Å². The molecule has 0 spiro atoms. The normalized spacial score (nSPS) is 13.1. The predicted molar refractivity (Wildman–Crippen MR) is 465 cm³/mol. The van der Waals surface area contributed by atoms with Gasteiger partial charge in [-0.2, -0.15) is 0 Å². The molecule has 3 aromatic heterocycles. The number of para-hydroxylation sites is 2. The maximum atomic E-state index is 5.25. The Morgan fingerprint density at radius 2 is 0.464 bits per heavy atom. The number of pyridine rings is 3. The van der Waals surface area contributed by atoms with Gasteiger partial charge in [-0.15, -0.1) is 0 Å². The molecule has 22 rings (SSSR count). The molecule has 20 aromatic rings. The van der Waals surface area contributed by atoms with Gasteiger partial charge in [0.15, 0.2) is 0 Å². The van der Waals surface area contributed by atoms with E-state index in [2.05, 4.69) is 392 Å². The number of rotatable bonds is 8. The van der Waals surface area contributed by atoms with Crippen molar-refractivity contribution in [2.75, 3.05) is 0 Å². The summed E-state index contributed by atoms with van der Waals surface area (Å²) in [5, 5.41) is 17.6. The predicted octanol–water partition coefficient (Wildman–Crippen LogP) is 28.7. The lowest BCUT2D eigenvalue weighted by Gasteiger charge is -2.25. The van der Waals surface area contributed by atoms with Crippen molar-refractivity contribution in [3.63, 3.8) is 0 Å². The summed E-state index contributed by atoms with van der Waals surface area (Å²) in [5.74, 6) is 0. The fourth-order valence-electron chi connectivity index (χ4n) is 18.5. The Kier molecular flexibility index (Phi) is 15.0. The average Bonchev–Trinajstić information content (AvgIpc) is 1.44. The minimum absolute atomic E-state index is 0.161. The van der Waals surface area contributed by atoms with E-state index in [0.29, 0.717) is 0 Å². The van der Waals surface area contributed by atoms with Crippen LogP contribution in [-0.4, -0.2) is 15.0 Å². The molecular formula is C107H73N3. The molecule has 3 heterocycles. The zero-order valence-electron chi connectivity index (χ0n) is 61.6. The first-order valence-electron chi connectivity index (χ1n) is 38.3. The highest BCUT2D eigenvalue weighted by molar-refractivity contribution is 6.28. The van der Waals surface area contributed by atoms with Gasteiger partial charge >= 0.3 is 0 Å². The van der Waals surface area contributed by atoms with Crippen molar-refractivity contribution in [2.24, 2.45) is 0 Å². The maximum absolute atomic E-state index is 5.25. The third-order valence-electron chi connectivity index (χ3n) is 23.9. The van der Waals surface area contributed by atoms with Crippen molar-refractivity contribution in [1.82, 2.24) is 15.0 Å². The molecular weight excluding hydrogens is 1330 g/mol. The minimum Gasteiger partial charge on any atom is -0.248 e. The Hall–Kier alpha value is -13.7. The Labute approximate surface area is 639 Å². The molecule has 0 fully saturated rings. The standard InChI is InChI=1S/C54H37N.C53H36N2/c1-54(2)49-21-10-8-19-45(49)53-52(54)51(46-20-9-11-22-50(46)55-53)36-25-23-35(24-26-36)39-27-29-43-44-30-28-40(33-48(44)42-18-7-6-17-41(42)47(43)32-39)38-16-12-15-37(31-38)34-13-4-3-5-14-34;1-53(2)46-19-10-8-17-42(46)52-51(53)50(43-18-9-11-20-49(43)55-52)35-25-23-33(24-26-35)36-27-29-40-41-30-28-37(32-45(41)39-16-7-6-15-38(39)44(40)31-36)48-22-12-21-47(54-48)34-13-4-3-5-14-34/h3-33H,1-2H3;3-32H,1-2H3. The molecule has 3 nitrogen and oxygen atoms in total. The summed E-state index contributed by atoms with van der Waals surface area (Å²) in [7, 11) is 0. The molecule has 2 aliphatic rings. The molecule has 0 N–H and O–H groups in total. The molecule has 0 saturated heterocycles. The molecule has 110 heavy (non-hydrogen) atoms. The van der Waals surface area contributed by atoms with Crippen LogP contribution in [0.2, 0.25) is 0 Å². The van der Waals surface area contributed by atoms with Gasteiger partial charge in [0.2, 0.25) is 0 Å². The number of fused-ring (bicyclic) bond motifs is 20. The van der Waals surface area contributed by atoms with E-state index >= 15 is 0 Å². The van der Waals surface area contributed by atoms with E-state index < -0.39 is 0 Å². The second-order valence-electron chi connectivity index (χ2n) is 30.8. The van der Waals surface area contributed by atoms with E-state index in [9.17, 15) is 0 Å². The van der Waals surface area contributed by atoms with Gasteiger partial charge < -0.3 is 0 Å². The molecule has 3 heteroatoms. The topological polar surface area (TPSA) is 38.7 Å². The fraction of sp³-hybridized carbons (Fsp3) is 0.0561. The average molecular weight is 1400 g/mol. The van der Waals surface area contributed by atoms with Gasteiger partial charge in [-0.3, -0.25) is 0 Å². The number of aromatic nitrogens is 3. The first-order valence-corrected chi connectivity index (χ1v) is 38.3. The van der Waals surface area contributed by atoms with E-state index in [4.69, 9.17) is 15.0 Å². The second kappa shape index (κ2) is 25.5. The van der Waals surface area contributed by atoms with Crippen LogP contribution in [0.5, 0.6) is 0 Å². The quantitative estimate of drug-likeness (QED) is 0.142. The molecule has 0 radical (unpaired) electrons. The summed E-state index contributed by atoms with van der Waals surface area (Å²) < 4.78 is 0. The number of hydrogen-bond acceptors (Lipinski definition) is 3. The molecule has 2 aliphatic carbocycles. The van der Waals surface area contributed by atoms with Gasteiger partial charge in [-0.25, -0.2) is 15.0 Å². The monoisotopic (exact) mass is 1400 g/mol. The maximum Gasteiger partial charge on any atom is 0.0759 e. The summed E-state index contributed by atoms with van der Waals surface area (Å²) in [4.78, 5) is 15.6. The minimum atomic E-state index is -0.164. The van der Waals surface area contributed by atoms with E-state index in [-0.39, 0.29) is 10.8 Å². The highest BCUT2D eigenvalue weighted by Crippen LogP contribution is 2.56. The summed E-state index contributed by atoms with van der Waals surface area (Å²) >= 11 is 0. The molecule has 0 aliphatic heterocycles. The highest BCUT2D eigenvalue weighted by Gasteiger charge is 2.41. The molecule has 17 aromatic carbocycles. The molecule has 0 atom stereocenters. The van der Waals surface area contributed by atoms with Gasteiger partial charge in [0.1, 0.15) is 0 Å². The Balaban J connectivity index is 0.000000140. The number of nitrogens with zero attached hydrogens (tertiary/aromatic N) is 3. The zero-order valence-corrected chi connectivity index (χ0v) is 61.6. The van der Waals surface area contributed by atoms with Gasteiger partial charge in [0.25, 0.3) is 0 Å². The van der Waals surface area contributed by atoms with Crippen LogP contribution < -0.4 is 0 Å². The number of hydrogen-bond donors (Lipinski definition) is 0. The van der Waals surface area contributed by atoms with Crippen LogP contribution in [-0.2, 0) is 10.8 Å².